The second-order valence-corrected chi connectivity index (χ2v) is 6.36. The number of guanidine groups is 1. The average Bonchev–Trinajstić information content (AvgIpc) is 2.48. The van der Waals surface area contributed by atoms with Crippen LogP contribution >= 0.6 is 0 Å². The van der Waals surface area contributed by atoms with E-state index in [0.29, 0.717) is 31.2 Å². The van der Waals surface area contributed by atoms with Crippen LogP contribution in [0.25, 0.3) is 0 Å². The van der Waals surface area contributed by atoms with Crippen molar-refractivity contribution >= 4 is 12.1 Å². The van der Waals surface area contributed by atoms with E-state index >= 15 is 0 Å². The first-order chi connectivity index (χ1) is 11.2. The highest BCUT2D eigenvalue weighted by Gasteiger charge is 2.15. The fraction of sp³-hybridized carbons (Fsp3) is 0.529. The van der Waals surface area contributed by atoms with Gasteiger partial charge in [0.1, 0.15) is 11.4 Å². The molecule has 24 heavy (non-hydrogen) atoms. The van der Waals surface area contributed by atoms with Crippen LogP contribution in [-0.4, -0.2) is 37.8 Å². The van der Waals surface area contributed by atoms with Crippen molar-refractivity contribution in [2.24, 2.45) is 4.99 Å². The van der Waals surface area contributed by atoms with Gasteiger partial charge in [0.25, 0.3) is 0 Å². The third kappa shape index (κ3) is 7.80. The second-order valence-electron chi connectivity index (χ2n) is 6.36. The molecular formula is C17H27FN4O2. The summed E-state index contributed by atoms with van der Waals surface area (Å²) in [7, 11) is 1.66. The molecule has 1 amide bonds. The molecule has 0 saturated heterocycles. The van der Waals surface area contributed by atoms with E-state index in [-0.39, 0.29) is 5.82 Å². The molecule has 0 aliphatic rings. The van der Waals surface area contributed by atoms with Gasteiger partial charge in [-0.1, -0.05) is 12.1 Å². The van der Waals surface area contributed by atoms with Crippen molar-refractivity contribution in [3.05, 3.63) is 35.1 Å². The molecule has 0 aromatic heterocycles. The lowest BCUT2D eigenvalue weighted by Crippen LogP contribution is -2.42. The highest BCUT2D eigenvalue weighted by molar-refractivity contribution is 5.79. The molecule has 0 unspecified atom stereocenters. The fourth-order valence-electron chi connectivity index (χ4n) is 1.88. The average molecular weight is 338 g/mol. The molecule has 0 fully saturated rings. The van der Waals surface area contributed by atoms with Crippen LogP contribution in [0.15, 0.2) is 23.2 Å². The van der Waals surface area contributed by atoms with Crippen LogP contribution in [-0.2, 0) is 11.3 Å². The number of rotatable bonds is 5. The van der Waals surface area contributed by atoms with E-state index in [1.807, 2.05) is 20.8 Å². The molecule has 0 radical (unpaired) electrons. The van der Waals surface area contributed by atoms with Gasteiger partial charge in [0, 0.05) is 26.7 Å². The molecule has 3 N–H and O–H groups in total. The predicted octanol–water partition coefficient (Wildman–Crippen LogP) is 2.32. The summed E-state index contributed by atoms with van der Waals surface area (Å²) in [6.07, 6.45) is -0.450. The first kappa shape index (κ1) is 19.7. The predicted molar refractivity (Wildman–Crippen MR) is 93.6 cm³/mol. The lowest BCUT2D eigenvalue weighted by Gasteiger charge is -2.20. The minimum atomic E-state index is -0.512. The number of ether oxygens (including phenoxy) is 1. The summed E-state index contributed by atoms with van der Waals surface area (Å²) in [5.41, 5.74) is 1.06. The number of hydrogen-bond acceptors (Lipinski definition) is 3. The molecule has 0 aliphatic heterocycles. The Morgan fingerprint density at radius 2 is 1.88 bits per heavy atom. The fourth-order valence-corrected chi connectivity index (χ4v) is 1.88. The summed E-state index contributed by atoms with van der Waals surface area (Å²) in [4.78, 5) is 15.6. The molecular weight excluding hydrogens is 311 g/mol. The third-order valence-electron chi connectivity index (χ3n) is 2.99. The molecule has 134 valence electrons. The molecule has 0 heterocycles. The molecule has 6 nitrogen and oxygen atoms in total. The van der Waals surface area contributed by atoms with E-state index in [0.717, 1.165) is 5.56 Å². The minimum Gasteiger partial charge on any atom is -0.444 e. The summed E-state index contributed by atoms with van der Waals surface area (Å²) in [6, 6.07) is 4.97. The Kier molecular flexibility index (Phi) is 7.48. The third-order valence-corrected chi connectivity index (χ3v) is 2.99. The van der Waals surface area contributed by atoms with Crippen molar-refractivity contribution in [1.29, 1.82) is 0 Å². The highest BCUT2D eigenvalue weighted by atomic mass is 19.1. The Hall–Kier alpha value is -2.31. The van der Waals surface area contributed by atoms with Gasteiger partial charge in [0.05, 0.1) is 0 Å². The normalized spacial score (nSPS) is 11.8. The summed E-state index contributed by atoms with van der Waals surface area (Å²) in [5.74, 6) is 0.387. The first-order valence-corrected chi connectivity index (χ1v) is 7.87. The van der Waals surface area contributed by atoms with E-state index in [1.165, 1.54) is 6.07 Å². The number of aryl methyl sites for hydroxylation is 1. The van der Waals surface area contributed by atoms with Gasteiger partial charge >= 0.3 is 6.09 Å². The Balaban J connectivity index is 2.30. The second kappa shape index (κ2) is 9.10. The molecule has 1 aromatic carbocycles. The quantitative estimate of drug-likeness (QED) is 0.438. The summed E-state index contributed by atoms with van der Waals surface area (Å²) >= 11 is 0. The van der Waals surface area contributed by atoms with Gasteiger partial charge in [-0.05, 0) is 44.9 Å². The topological polar surface area (TPSA) is 74.8 Å². The van der Waals surface area contributed by atoms with Gasteiger partial charge < -0.3 is 20.7 Å². The number of carbonyl (C=O) groups is 1. The van der Waals surface area contributed by atoms with E-state index in [4.69, 9.17) is 4.74 Å². The minimum absolute atomic E-state index is 0.213. The van der Waals surface area contributed by atoms with Crippen molar-refractivity contribution < 1.29 is 13.9 Å². The number of nitrogens with zero attached hydrogens (tertiary/aromatic N) is 1. The number of benzene rings is 1. The van der Waals surface area contributed by atoms with Crippen molar-refractivity contribution in [1.82, 2.24) is 16.0 Å². The summed E-state index contributed by atoms with van der Waals surface area (Å²) in [5, 5.41) is 8.87. The van der Waals surface area contributed by atoms with Crippen LogP contribution in [0.1, 0.15) is 31.9 Å². The Bertz CT molecular complexity index is 582. The zero-order valence-corrected chi connectivity index (χ0v) is 15.0. The first-order valence-electron chi connectivity index (χ1n) is 7.87. The molecule has 0 aliphatic carbocycles. The molecule has 0 spiro atoms. The molecule has 0 saturated carbocycles. The van der Waals surface area contributed by atoms with Gasteiger partial charge in [-0.2, -0.15) is 0 Å². The van der Waals surface area contributed by atoms with Crippen molar-refractivity contribution in [2.75, 3.05) is 20.1 Å². The Morgan fingerprint density at radius 3 is 2.46 bits per heavy atom. The number of halogens is 1. The van der Waals surface area contributed by atoms with Crippen molar-refractivity contribution in [2.45, 2.75) is 39.8 Å². The monoisotopic (exact) mass is 338 g/mol. The molecule has 1 aromatic rings. The molecule has 0 atom stereocenters. The van der Waals surface area contributed by atoms with Gasteiger partial charge in [-0.15, -0.1) is 0 Å². The van der Waals surface area contributed by atoms with Gasteiger partial charge in [-0.3, -0.25) is 4.99 Å². The standard InChI is InChI=1S/C17H27FN4O2/c1-12-10-13(6-7-14(12)18)11-22-15(19-5)20-8-9-21-16(23)24-17(2,3)4/h6-7,10H,8-9,11H2,1-5H3,(H,21,23)(H2,19,20,22). The number of amides is 1. The van der Waals surface area contributed by atoms with Crippen LogP contribution in [0.2, 0.25) is 0 Å². The Labute approximate surface area is 142 Å². The zero-order valence-electron chi connectivity index (χ0n) is 15.0. The summed E-state index contributed by atoms with van der Waals surface area (Å²) in [6.45, 7) is 8.61. The number of carbonyl (C=O) groups excluding carboxylic acids is 1. The zero-order chi connectivity index (χ0) is 18.2. The van der Waals surface area contributed by atoms with E-state index in [2.05, 4.69) is 20.9 Å². The van der Waals surface area contributed by atoms with Crippen LogP contribution < -0.4 is 16.0 Å². The summed E-state index contributed by atoms with van der Waals surface area (Å²) < 4.78 is 18.4. The maximum Gasteiger partial charge on any atom is 0.407 e. The van der Waals surface area contributed by atoms with Crippen LogP contribution in [0.4, 0.5) is 9.18 Å². The number of alkyl carbamates (subject to hydrolysis) is 1. The number of nitrogens with one attached hydrogen (secondary N) is 3. The lowest BCUT2D eigenvalue weighted by molar-refractivity contribution is 0.0529. The number of aliphatic imine (C=N–C) groups is 1. The van der Waals surface area contributed by atoms with Crippen LogP contribution in [0.5, 0.6) is 0 Å². The van der Waals surface area contributed by atoms with E-state index in [9.17, 15) is 9.18 Å². The van der Waals surface area contributed by atoms with Gasteiger partial charge in [0.2, 0.25) is 0 Å². The molecule has 1 rings (SSSR count). The van der Waals surface area contributed by atoms with Gasteiger partial charge in [-0.25, -0.2) is 9.18 Å². The van der Waals surface area contributed by atoms with E-state index < -0.39 is 11.7 Å². The van der Waals surface area contributed by atoms with E-state index in [1.54, 1.807) is 26.1 Å². The smallest absolute Gasteiger partial charge is 0.407 e. The Morgan fingerprint density at radius 1 is 1.21 bits per heavy atom. The van der Waals surface area contributed by atoms with Crippen molar-refractivity contribution in [3.8, 4) is 0 Å². The molecule has 7 heteroatoms. The van der Waals surface area contributed by atoms with Crippen LogP contribution in [0, 0.1) is 12.7 Å². The SMILES string of the molecule is CN=C(NCCNC(=O)OC(C)(C)C)NCc1ccc(F)c(C)c1. The number of hydrogen-bond donors (Lipinski definition) is 3. The lowest BCUT2D eigenvalue weighted by atomic mass is 10.1. The van der Waals surface area contributed by atoms with Gasteiger partial charge in [0.15, 0.2) is 5.96 Å². The highest BCUT2D eigenvalue weighted by Crippen LogP contribution is 2.08. The largest absolute Gasteiger partial charge is 0.444 e. The van der Waals surface area contributed by atoms with Crippen molar-refractivity contribution in [3.63, 3.8) is 0 Å². The molecule has 0 bridgehead atoms. The van der Waals surface area contributed by atoms with Crippen LogP contribution in [0.3, 0.4) is 0 Å². The maximum absolute atomic E-state index is 13.2. The maximum atomic E-state index is 13.2.